The SMILES string of the molecule is CCCCC1=NCCCCC1. The summed E-state index contributed by atoms with van der Waals surface area (Å²) in [6.45, 7) is 3.34. The molecule has 0 radical (unpaired) electrons. The average Bonchev–Trinajstić information content (AvgIpc) is 2.28. The Bertz CT molecular complexity index is 127. The zero-order chi connectivity index (χ0) is 7.94. The van der Waals surface area contributed by atoms with Crippen LogP contribution in [0.15, 0.2) is 4.99 Å². The molecule has 0 saturated carbocycles. The first-order valence-electron chi connectivity index (χ1n) is 4.95. The lowest BCUT2D eigenvalue weighted by atomic mass is 10.1. The van der Waals surface area contributed by atoms with Crippen molar-refractivity contribution in [1.82, 2.24) is 0 Å². The summed E-state index contributed by atoms with van der Waals surface area (Å²) in [5.41, 5.74) is 1.49. The molecule has 64 valence electrons. The fourth-order valence-corrected chi connectivity index (χ4v) is 1.52. The summed E-state index contributed by atoms with van der Waals surface area (Å²) < 4.78 is 0. The largest absolute Gasteiger partial charge is 0.294 e. The highest BCUT2D eigenvalue weighted by Gasteiger charge is 2.02. The molecule has 11 heavy (non-hydrogen) atoms. The molecule has 0 saturated heterocycles. The van der Waals surface area contributed by atoms with Crippen LogP contribution in [-0.4, -0.2) is 12.3 Å². The second-order valence-corrected chi connectivity index (χ2v) is 3.36. The van der Waals surface area contributed by atoms with Gasteiger partial charge in [0.2, 0.25) is 0 Å². The summed E-state index contributed by atoms with van der Waals surface area (Å²) >= 11 is 0. The smallest absolute Gasteiger partial charge is 0.0388 e. The molecule has 1 heterocycles. The van der Waals surface area contributed by atoms with Crippen molar-refractivity contribution in [2.24, 2.45) is 4.99 Å². The van der Waals surface area contributed by atoms with Crippen molar-refractivity contribution in [2.75, 3.05) is 6.54 Å². The molecule has 0 aromatic heterocycles. The van der Waals surface area contributed by atoms with Crippen molar-refractivity contribution in [1.29, 1.82) is 0 Å². The van der Waals surface area contributed by atoms with Crippen LogP contribution in [0.25, 0.3) is 0 Å². The van der Waals surface area contributed by atoms with E-state index in [0.29, 0.717) is 0 Å². The van der Waals surface area contributed by atoms with Gasteiger partial charge in [-0.25, -0.2) is 0 Å². The minimum absolute atomic E-state index is 1.10. The molecule has 1 aliphatic heterocycles. The molecule has 1 rings (SSSR count). The molecule has 1 aliphatic rings. The van der Waals surface area contributed by atoms with Crippen molar-refractivity contribution in [3.63, 3.8) is 0 Å². The second-order valence-electron chi connectivity index (χ2n) is 3.36. The van der Waals surface area contributed by atoms with Crippen LogP contribution in [0, 0.1) is 0 Å². The van der Waals surface area contributed by atoms with Gasteiger partial charge in [0.1, 0.15) is 0 Å². The van der Waals surface area contributed by atoms with Gasteiger partial charge in [-0.05, 0) is 32.1 Å². The first kappa shape index (κ1) is 8.76. The average molecular weight is 153 g/mol. The molecule has 0 aromatic carbocycles. The van der Waals surface area contributed by atoms with Gasteiger partial charge in [-0.3, -0.25) is 4.99 Å². The molecular formula is C10H19N. The molecular weight excluding hydrogens is 134 g/mol. The molecule has 0 aromatic rings. The van der Waals surface area contributed by atoms with E-state index < -0.39 is 0 Å². The van der Waals surface area contributed by atoms with Crippen molar-refractivity contribution in [2.45, 2.75) is 51.9 Å². The predicted octanol–water partition coefficient (Wildman–Crippen LogP) is 3.19. The lowest BCUT2D eigenvalue weighted by Gasteiger charge is -2.00. The Morgan fingerprint density at radius 2 is 2.18 bits per heavy atom. The monoisotopic (exact) mass is 153 g/mol. The quantitative estimate of drug-likeness (QED) is 0.590. The number of unbranched alkanes of at least 4 members (excludes halogenated alkanes) is 1. The van der Waals surface area contributed by atoms with E-state index in [9.17, 15) is 0 Å². The summed E-state index contributed by atoms with van der Waals surface area (Å²) in [6.07, 6.45) is 9.26. The number of hydrogen-bond donors (Lipinski definition) is 0. The van der Waals surface area contributed by atoms with Crippen LogP contribution in [0.2, 0.25) is 0 Å². The Kier molecular flexibility index (Phi) is 4.25. The van der Waals surface area contributed by atoms with Gasteiger partial charge < -0.3 is 0 Å². The van der Waals surface area contributed by atoms with Crippen molar-refractivity contribution >= 4 is 5.71 Å². The third kappa shape index (κ3) is 3.54. The molecule has 0 fully saturated rings. The molecule has 1 heteroatoms. The van der Waals surface area contributed by atoms with Gasteiger partial charge in [0, 0.05) is 12.3 Å². The highest BCUT2D eigenvalue weighted by atomic mass is 14.7. The van der Waals surface area contributed by atoms with Crippen LogP contribution in [-0.2, 0) is 0 Å². The van der Waals surface area contributed by atoms with Gasteiger partial charge in [0.05, 0.1) is 0 Å². The second kappa shape index (κ2) is 5.34. The van der Waals surface area contributed by atoms with E-state index in [0.717, 1.165) is 6.54 Å². The molecule has 0 atom stereocenters. The standard InChI is InChI=1S/C10H19N/c1-2-3-7-10-8-5-4-6-9-11-10/h2-9H2,1H3. The molecule has 0 aliphatic carbocycles. The lowest BCUT2D eigenvalue weighted by molar-refractivity contribution is 0.728. The van der Waals surface area contributed by atoms with Crippen LogP contribution in [0.5, 0.6) is 0 Å². The Morgan fingerprint density at radius 1 is 1.27 bits per heavy atom. The summed E-state index contributed by atoms with van der Waals surface area (Å²) in [5, 5.41) is 0. The van der Waals surface area contributed by atoms with Gasteiger partial charge in [-0.1, -0.05) is 19.8 Å². The van der Waals surface area contributed by atoms with E-state index >= 15 is 0 Å². The lowest BCUT2D eigenvalue weighted by Crippen LogP contribution is -1.96. The third-order valence-corrected chi connectivity index (χ3v) is 2.28. The predicted molar refractivity (Wildman–Crippen MR) is 50.3 cm³/mol. The molecule has 0 amide bonds. The summed E-state index contributed by atoms with van der Waals surface area (Å²) in [7, 11) is 0. The van der Waals surface area contributed by atoms with E-state index in [1.165, 1.54) is 50.7 Å². The normalized spacial score (nSPS) is 19.2. The van der Waals surface area contributed by atoms with Crippen LogP contribution >= 0.6 is 0 Å². The minimum atomic E-state index is 1.10. The van der Waals surface area contributed by atoms with E-state index in [1.54, 1.807) is 0 Å². The Hall–Kier alpha value is -0.330. The van der Waals surface area contributed by atoms with E-state index in [-0.39, 0.29) is 0 Å². The molecule has 0 unspecified atom stereocenters. The van der Waals surface area contributed by atoms with Crippen LogP contribution in [0.4, 0.5) is 0 Å². The zero-order valence-corrected chi connectivity index (χ0v) is 7.60. The number of rotatable bonds is 3. The molecule has 0 bridgehead atoms. The zero-order valence-electron chi connectivity index (χ0n) is 7.60. The highest BCUT2D eigenvalue weighted by molar-refractivity contribution is 5.84. The van der Waals surface area contributed by atoms with Crippen molar-refractivity contribution in [3.8, 4) is 0 Å². The summed E-state index contributed by atoms with van der Waals surface area (Å²) in [5.74, 6) is 0. The van der Waals surface area contributed by atoms with E-state index in [2.05, 4.69) is 11.9 Å². The third-order valence-electron chi connectivity index (χ3n) is 2.28. The first-order chi connectivity index (χ1) is 5.43. The number of nitrogens with zero attached hydrogens (tertiary/aromatic N) is 1. The first-order valence-corrected chi connectivity index (χ1v) is 4.95. The van der Waals surface area contributed by atoms with Crippen LogP contribution in [0.3, 0.4) is 0 Å². The highest BCUT2D eigenvalue weighted by Crippen LogP contribution is 2.11. The maximum Gasteiger partial charge on any atom is 0.0388 e. The van der Waals surface area contributed by atoms with E-state index in [4.69, 9.17) is 0 Å². The van der Waals surface area contributed by atoms with Crippen LogP contribution in [0.1, 0.15) is 51.9 Å². The minimum Gasteiger partial charge on any atom is -0.294 e. The van der Waals surface area contributed by atoms with Gasteiger partial charge >= 0.3 is 0 Å². The van der Waals surface area contributed by atoms with E-state index in [1.807, 2.05) is 0 Å². The fourth-order valence-electron chi connectivity index (χ4n) is 1.52. The van der Waals surface area contributed by atoms with Gasteiger partial charge in [-0.15, -0.1) is 0 Å². The summed E-state index contributed by atoms with van der Waals surface area (Å²) in [6, 6.07) is 0. The van der Waals surface area contributed by atoms with Gasteiger partial charge in [0.25, 0.3) is 0 Å². The van der Waals surface area contributed by atoms with Gasteiger partial charge in [-0.2, -0.15) is 0 Å². The summed E-state index contributed by atoms with van der Waals surface area (Å²) in [4.78, 5) is 4.58. The van der Waals surface area contributed by atoms with Crippen LogP contribution < -0.4 is 0 Å². The van der Waals surface area contributed by atoms with Gasteiger partial charge in [0.15, 0.2) is 0 Å². The topological polar surface area (TPSA) is 12.4 Å². The Balaban J connectivity index is 2.23. The van der Waals surface area contributed by atoms with Crippen molar-refractivity contribution < 1.29 is 0 Å². The maximum absolute atomic E-state index is 4.58. The molecule has 0 N–H and O–H groups in total. The maximum atomic E-state index is 4.58. The molecule has 0 spiro atoms. The Morgan fingerprint density at radius 3 is 3.00 bits per heavy atom. The number of aliphatic imine (C=N–C) groups is 1. The van der Waals surface area contributed by atoms with Crippen molar-refractivity contribution in [3.05, 3.63) is 0 Å². The number of hydrogen-bond acceptors (Lipinski definition) is 1. The fraction of sp³-hybridized carbons (Fsp3) is 0.900. The Labute approximate surface area is 69.9 Å². The molecule has 1 nitrogen and oxygen atoms in total.